The minimum Gasteiger partial charge on any atom is -0.385 e. The molecule has 0 saturated heterocycles. The minimum absolute atomic E-state index is 0.228. The molecule has 114 valence electrons. The van der Waals surface area contributed by atoms with Gasteiger partial charge in [0, 0.05) is 26.0 Å². The van der Waals surface area contributed by atoms with E-state index in [1.165, 1.54) is 6.26 Å². The first kappa shape index (κ1) is 17.1. The van der Waals surface area contributed by atoms with Gasteiger partial charge in [-0.15, -0.1) is 0 Å². The molecule has 0 heterocycles. The van der Waals surface area contributed by atoms with E-state index in [2.05, 4.69) is 12.2 Å². The molecule has 0 aromatic heterocycles. The lowest BCUT2D eigenvalue weighted by molar-refractivity contribution is 0.192. The highest BCUT2D eigenvalue weighted by Gasteiger charge is 2.08. The summed E-state index contributed by atoms with van der Waals surface area (Å²) >= 11 is 0. The van der Waals surface area contributed by atoms with Gasteiger partial charge in [-0.3, -0.25) is 0 Å². The van der Waals surface area contributed by atoms with Crippen molar-refractivity contribution in [1.82, 2.24) is 5.32 Å². The van der Waals surface area contributed by atoms with Crippen LogP contribution in [0.4, 0.5) is 0 Å². The topological polar surface area (TPSA) is 55.4 Å². The van der Waals surface area contributed by atoms with Crippen LogP contribution in [0.1, 0.15) is 37.8 Å². The van der Waals surface area contributed by atoms with Crippen LogP contribution in [0.15, 0.2) is 29.2 Å². The second kappa shape index (κ2) is 8.39. The van der Waals surface area contributed by atoms with Crippen LogP contribution < -0.4 is 5.32 Å². The number of unbranched alkanes of at least 4 members (excludes halogenated alkanes) is 2. The fourth-order valence-corrected chi connectivity index (χ4v) is 2.62. The van der Waals surface area contributed by atoms with Crippen LogP contribution in [-0.2, 0) is 14.6 Å². The van der Waals surface area contributed by atoms with E-state index in [1.54, 1.807) is 19.2 Å². The molecule has 0 fully saturated rings. The summed E-state index contributed by atoms with van der Waals surface area (Å²) < 4.78 is 27.8. The molecule has 1 aromatic rings. The lowest BCUT2D eigenvalue weighted by Gasteiger charge is -2.14. The number of ether oxygens (including phenoxy) is 1. The zero-order valence-corrected chi connectivity index (χ0v) is 13.4. The van der Waals surface area contributed by atoms with Crippen molar-refractivity contribution in [2.45, 2.75) is 37.1 Å². The Morgan fingerprint density at radius 2 is 1.80 bits per heavy atom. The van der Waals surface area contributed by atoms with E-state index in [9.17, 15) is 8.42 Å². The predicted octanol–water partition coefficient (Wildman–Crippen LogP) is 2.56. The van der Waals surface area contributed by atoms with E-state index in [-0.39, 0.29) is 6.04 Å². The molecule has 1 atom stereocenters. The fraction of sp³-hybridized carbons (Fsp3) is 0.600. The Balaban J connectivity index is 2.38. The van der Waals surface area contributed by atoms with E-state index >= 15 is 0 Å². The van der Waals surface area contributed by atoms with Crippen LogP contribution >= 0.6 is 0 Å². The molecule has 5 heteroatoms. The first-order valence-corrected chi connectivity index (χ1v) is 8.86. The van der Waals surface area contributed by atoms with Crippen molar-refractivity contribution in [2.24, 2.45) is 0 Å². The second-order valence-corrected chi connectivity index (χ2v) is 7.09. The second-order valence-electron chi connectivity index (χ2n) is 5.07. The zero-order chi connectivity index (χ0) is 15.0. The highest BCUT2D eigenvalue weighted by atomic mass is 32.2. The molecular formula is C15H25NO3S. The Hall–Kier alpha value is -0.910. The van der Waals surface area contributed by atoms with Gasteiger partial charge < -0.3 is 10.1 Å². The van der Waals surface area contributed by atoms with Gasteiger partial charge in [0.05, 0.1) is 4.90 Å². The molecule has 1 rings (SSSR count). The first-order chi connectivity index (χ1) is 9.45. The molecule has 0 aliphatic carbocycles. The minimum atomic E-state index is -3.11. The third-order valence-electron chi connectivity index (χ3n) is 3.28. The van der Waals surface area contributed by atoms with Crippen molar-refractivity contribution in [2.75, 3.05) is 26.5 Å². The van der Waals surface area contributed by atoms with E-state index in [1.807, 2.05) is 12.1 Å². The Kier molecular flexibility index (Phi) is 7.19. The summed E-state index contributed by atoms with van der Waals surface area (Å²) in [7, 11) is -1.38. The molecule has 0 amide bonds. The monoisotopic (exact) mass is 299 g/mol. The maximum Gasteiger partial charge on any atom is 0.175 e. The van der Waals surface area contributed by atoms with Gasteiger partial charge in [-0.1, -0.05) is 12.1 Å². The highest BCUT2D eigenvalue weighted by molar-refractivity contribution is 7.90. The molecule has 20 heavy (non-hydrogen) atoms. The van der Waals surface area contributed by atoms with E-state index in [0.717, 1.165) is 38.0 Å². The SMILES string of the molecule is COCCCCCNC(C)c1ccc(S(C)(=O)=O)cc1. The van der Waals surface area contributed by atoms with Crippen LogP contribution in [0.2, 0.25) is 0 Å². The van der Waals surface area contributed by atoms with Gasteiger partial charge in [-0.05, 0) is 50.4 Å². The summed E-state index contributed by atoms with van der Waals surface area (Å²) in [5, 5.41) is 3.44. The lowest BCUT2D eigenvalue weighted by Crippen LogP contribution is -2.20. The number of hydrogen-bond donors (Lipinski definition) is 1. The predicted molar refractivity (Wildman–Crippen MR) is 81.7 cm³/mol. The van der Waals surface area contributed by atoms with Gasteiger partial charge in [-0.25, -0.2) is 8.42 Å². The summed E-state index contributed by atoms with van der Waals surface area (Å²) in [6.45, 7) is 3.87. The van der Waals surface area contributed by atoms with Crippen LogP contribution in [0.25, 0.3) is 0 Å². The third kappa shape index (κ3) is 6.03. The Bertz CT molecular complexity index is 482. The van der Waals surface area contributed by atoms with Crippen LogP contribution in [0.5, 0.6) is 0 Å². The standard InChI is InChI=1S/C15H25NO3S/c1-13(16-11-5-4-6-12-19-2)14-7-9-15(10-8-14)20(3,17)18/h7-10,13,16H,4-6,11-12H2,1-3H3. The van der Waals surface area contributed by atoms with Gasteiger partial charge in [0.2, 0.25) is 0 Å². The van der Waals surface area contributed by atoms with Gasteiger partial charge in [0.1, 0.15) is 0 Å². The van der Waals surface area contributed by atoms with Crippen molar-refractivity contribution in [3.8, 4) is 0 Å². The van der Waals surface area contributed by atoms with Crippen molar-refractivity contribution in [1.29, 1.82) is 0 Å². The average Bonchev–Trinajstić information content (AvgIpc) is 2.41. The van der Waals surface area contributed by atoms with Crippen molar-refractivity contribution in [3.63, 3.8) is 0 Å². The Morgan fingerprint density at radius 3 is 2.35 bits per heavy atom. The molecule has 0 bridgehead atoms. The fourth-order valence-electron chi connectivity index (χ4n) is 1.99. The molecule has 0 aliphatic rings. The lowest BCUT2D eigenvalue weighted by atomic mass is 10.1. The van der Waals surface area contributed by atoms with Crippen molar-refractivity contribution < 1.29 is 13.2 Å². The van der Waals surface area contributed by atoms with Gasteiger partial charge >= 0.3 is 0 Å². The molecule has 0 saturated carbocycles. The summed E-state index contributed by atoms with van der Waals surface area (Å²) in [4.78, 5) is 0.369. The quantitative estimate of drug-likeness (QED) is 0.712. The number of sulfone groups is 1. The molecule has 4 nitrogen and oxygen atoms in total. The number of benzene rings is 1. The molecule has 1 aromatic carbocycles. The molecule has 1 N–H and O–H groups in total. The first-order valence-electron chi connectivity index (χ1n) is 6.97. The van der Waals surface area contributed by atoms with E-state index in [4.69, 9.17) is 4.74 Å². The van der Waals surface area contributed by atoms with Crippen molar-refractivity contribution in [3.05, 3.63) is 29.8 Å². The maximum atomic E-state index is 11.4. The molecule has 0 spiro atoms. The average molecular weight is 299 g/mol. The van der Waals surface area contributed by atoms with E-state index in [0.29, 0.717) is 4.90 Å². The number of hydrogen-bond acceptors (Lipinski definition) is 4. The summed E-state index contributed by atoms with van der Waals surface area (Å²) in [5.41, 5.74) is 1.11. The van der Waals surface area contributed by atoms with Gasteiger partial charge in [0.15, 0.2) is 9.84 Å². The Labute approximate surface area is 122 Å². The normalized spacial score (nSPS) is 13.3. The van der Waals surface area contributed by atoms with Crippen LogP contribution in [0, 0.1) is 0 Å². The zero-order valence-electron chi connectivity index (χ0n) is 12.6. The largest absolute Gasteiger partial charge is 0.385 e. The molecule has 1 unspecified atom stereocenters. The smallest absolute Gasteiger partial charge is 0.175 e. The maximum absolute atomic E-state index is 11.4. The number of nitrogens with one attached hydrogen (secondary N) is 1. The summed E-state index contributed by atoms with van der Waals surface area (Å²) in [5.74, 6) is 0. The summed E-state index contributed by atoms with van der Waals surface area (Å²) in [6, 6.07) is 7.31. The number of methoxy groups -OCH3 is 1. The number of rotatable bonds is 9. The highest BCUT2D eigenvalue weighted by Crippen LogP contribution is 2.16. The van der Waals surface area contributed by atoms with Crippen molar-refractivity contribution >= 4 is 9.84 Å². The molecular weight excluding hydrogens is 274 g/mol. The van der Waals surface area contributed by atoms with E-state index < -0.39 is 9.84 Å². The van der Waals surface area contributed by atoms with Crippen LogP contribution in [0.3, 0.4) is 0 Å². The van der Waals surface area contributed by atoms with Crippen LogP contribution in [-0.4, -0.2) is 34.9 Å². The van der Waals surface area contributed by atoms with Gasteiger partial charge in [-0.2, -0.15) is 0 Å². The molecule has 0 aliphatic heterocycles. The van der Waals surface area contributed by atoms with Gasteiger partial charge in [0.25, 0.3) is 0 Å². The molecule has 0 radical (unpaired) electrons. The summed E-state index contributed by atoms with van der Waals surface area (Å²) in [6.07, 6.45) is 4.59. The Morgan fingerprint density at radius 1 is 1.15 bits per heavy atom. The third-order valence-corrected chi connectivity index (χ3v) is 4.41.